The molecule has 0 radical (unpaired) electrons. The Labute approximate surface area is 62.9 Å². The lowest BCUT2D eigenvalue weighted by Gasteiger charge is -2.17. The molecule has 10 heavy (non-hydrogen) atoms. The van der Waals surface area contributed by atoms with Crippen molar-refractivity contribution >= 4 is 5.71 Å². The van der Waals surface area contributed by atoms with Crippen molar-refractivity contribution in [3.63, 3.8) is 0 Å². The van der Waals surface area contributed by atoms with E-state index >= 15 is 0 Å². The fourth-order valence-corrected chi connectivity index (χ4v) is 1.34. The summed E-state index contributed by atoms with van der Waals surface area (Å²) in [4.78, 5) is 4.37. The monoisotopic (exact) mass is 137 g/mol. The second-order valence-electron chi connectivity index (χ2n) is 2.98. The van der Waals surface area contributed by atoms with E-state index < -0.39 is 0 Å². The number of dihydropyridines is 1. The number of nitrogens with zero attached hydrogens (tertiary/aromatic N) is 1. The first-order valence-electron chi connectivity index (χ1n) is 3.93. The smallest absolute Gasteiger partial charge is 0.0457 e. The van der Waals surface area contributed by atoms with Crippen molar-refractivity contribution in [1.29, 1.82) is 0 Å². The second-order valence-corrected chi connectivity index (χ2v) is 2.98. The minimum atomic E-state index is 0.712. The predicted molar refractivity (Wildman–Crippen MR) is 45.5 cm³/mol. The van der Waals surface area contributed by atoms with Gasteiger partial charge in [-0.15, -0.1) is 0 Å². The summed E-state index contributed by atoms with van der Waals surface area (Å²) in [7, 11) is 0. The van der Waals surface area contributed by atoms with Gasteiger partial charge >= 0.3 is 0 Å². The van der Waals surface area contributed by atoms with Gasteiger partial charge in [-0.05, 0) is 32.3 Å². The molecule has 1 rings (SSSR count). The maximum atomic E-state index is 4.37. The molecule has 0 N–H and O–H groups in total. The molecule has 0 saturated heterocycles. The number of rotatable bonds is 1. The summed E-state index contributed by atoms with van der Waals surface area (Å²) in [6.45, 7) is 7.49. The number of hydrogen-bond donors (Lipinski definition) is 0. The minimum Gasteiger partial charge on any atom is -0.289 e. The Hall–Kier alpha value is -0.590. The molecule has 0 aromatic carbocycles. The van der Waals surface area contributed by atoms with E-state index in [2.05, 4.69) is 31.8 Å². The molecule has 1 heterocycles. The fourth-order valence-electron chi connectivity index (χ4n) is 1.34. The fraction of sp³-hybridized carbons (Fsp3) is 0.667. The molecule has 0 amide bonds. The van der Waals surface area contributed by atoms with Crippen molar-refractivity contribution in [3.8, 4) is 0 Å². The summed E-state index contributed by atoms with van der Waals surface area (Å²) < 4.78 is 0. The van der Waals surface area contributed by atoms with E-state index in [9.17, 15) is 0 Å². The van der Waals surface area contributed by atoms with Crippen LogP contribution in [0.5, 0.6) is 0 Å². The largest absolute Gasteiger partial charge is 0.289 e. The zero-order chi connectivity index (χ0) is 7.56. The first-order valence-corrected chi connectivity index (χ1v) is 3.93. The van der Waals surface area contributed by atoms with Crippen LogP contribution in [0.3, 0.4) is 0 Å². The molecule has 0 bridgehead atoms. The van der Waals surface area contributed by atoms with Crippen LogP contribution in [-0.4, -0.2) is 12.3 Å². The van der Waals surface area contributed by atoms with E-state index in [0.29, 0.717) is 5.92 Å². The van der Waals surface area contributed by atoms with Gasteiger partial charge in [0.25, 0.3) is 0 Å². The molecule has 0 aliphatic carbocycles. The minimum absolute atomic E-state index is 0.712. The molecular weight excluding hydrogens is 122 g/mol. The Bertz CT molecular complexity index is 177. The van der Waals surface area contributed by atoms with Crippen LogP contribution in [-0.2, 0) is 0 Å². The van der Waals surface area contributed by atoms with E-state index in [4.69, 9.17) is 0 Å². The van der Waals surface area contributed by atoms with Gasteiger partial charge in [0.05, 0.1) is 0 Å². The van der Waals surface area contributed by atoms with Crippen LogP contribution in [0.4, 0.5) is 0 Å². The van der Waals surface area contributed by atoms with Crippen LogP contribution in [0.1, 0.15) is 27.2 Å². The maximum absolute atomic E-state index is 4.37. The first kappa shape index (κ1) is 7.52. The molecule has 1 atom stereocenters. The summed E-state index contributed by atoms with van der Waals surface area (Å²) in [5.41, 5.74) is 2.68. The van der Waals surface area contributed by atoms with Crippen molar-refractivity contribution < 1.29 is 0 Å². The third kappa shape index (κ3) is 1.47. The third-order valence-corrected chi connectivity index (χ3v) is 2.13. The molecule has 1 aliphatic rings. The lowest BCUT2D eigenvalue weighted by atomic mass is 9.95. The van der Waals surface area contributed by atoms with Crippen molar-refractivity contribution in [1.82, 2.24) is 0 Å². The van der Waals surface area contributed by atoms with Gasteiger partial charge in [0.1, 0.15) is 0 Å². The molecule has 0 saturated carbocycles. The molecular formula is C9H15N. The van der Waals surface area contributed by atoms with Gasteiger partial charge in [0.15, 0.2) is 0 Å². The number of aliphatic imine (C=N–C) groups is 1. The summed E-state index contributed by atoms with van der Waals surface area (Å²) in [6, 6.07) is 0. The normalized spacial score (nSPS) is 25.7. The lowest BCUT2D eigenvalue weighted by Crippen LogP contribution is -2.11. The molecule has 1 unspecified atom stereocenters. The van der Waals surface area contributed by atoms with Crippen molar-refractivity contribution in [2.24, 2.45) is 10.9 Å². The highest BCUT2D eigenvalue weighted by Crippen LogP contribution is 2.18. The quantitative estimate of drug-likeness (QED) is 0.526. The van der Waals surface area contributed by atoms with Crippen LogP contribution in [0.25, 0.3) is 0 Å². The highest BCUT2D eigenvalue weighted by molar-refractivity contribution is 5.94. The molecule has 1 nitrogen and oxygen atoms in total. The molecule has 0 spiro atoms. The van der Waals surface area contributed by atoms with Crippen LogP contribution in [0.15, 0.2) is 16.6 Å². The Morgan fingerprint density at radius 3 is 2.80 bits per heavy atom. The average molecular weight is 137 g/mol. The second kappa shape index (κ2) is 3.00. The van der Waals surface area contributed by atoms with Crippen molar-refractivity contribution in [2.75, 3.05) is 6.54 Å². The van der Waals surface area contributed by atoms with E-state index in [1.54, 1.807) is 0 Å². The maximum Gasteiger partial charge on any atom is 0.0457 e. The van der Waals surface area contributed by atoms with Gasteiger partial charge < -0.3 is 0 Å². The Morgan fingerprint density at radius 2 is 2.30 bits per heavy atom. The third-order valence-electron chi connectivity index (χ3n) is 2.13. The predicted octanol–water partition coefficient (Wildman–Crippen LogP) is 2.43. The van der Waals surface area contributed by atoms with E-state index in [1.807, 2.05) is 0 Å². The molecule has 0 aromatic rings. The van der Waals surface area contributed by atoms with Gasteiger partial charge in [0, 0.05) is 12.3 Å². The van der Waals surface area contributed by atoms with E-state index in [1.165, 1.54) is 17.7 Å². The summed E-state index contributed by atoms with van der Waals surface area (Å²) in [5, 5.41) is 0. The Morgan fingerprint density at radius 1 is 1.60 bits per heavy atom. The molecule has 1 heteroatoms. The van der Waals surface area contributed by atoms with Crippen LogP contribution in [0.2, 0.25) is 0 Å². The average Bonchev–Trinajstić information content (AvgIpc) is 1.88. The van der Waals surface area contributed by atoms with Gasteiger partial charge in [0.2, 0.25) is 0 Å². The van der Waals surface area contributed by atoms with Gasteiger partial charge in [-0.2, -0.15) is 0 Å². The number of allylic oxidation sites excluding steroid dienone is 1. The Kier molecular flexibility index (Phi) is 2.25. The molecule has 0 fully saturated rings. The van der Waals surface area contributed by atoms with Gasteiger partial charge in [-0.3, -0.25) is 4.99 Å². The first-order chi connectivity index (χ1) is 4.74. The molecule has 1 aliphatic heterocycles. The zero-order valence-corrected chi connectivity index (χ0v) is 7.02. The van der Waals surface area contributed by atoms with Crippen molar-refractivity contribution in [3.05, 3.63) is 11.6 Å². The van der Waals surface area contributed by atoms with Crippen LogP contribution < -0.4 is 0 Å². The lowest BCUT2D eigenvalue weighted by molar-refractivity contribution is 0.599. The van der Waals surface area contributed by atoms with Crippen LogP contribution >= 0.6 is 0 Å². The summed E-state index contributed by atoms with van der Waals surface area (Å²) in [5.74, 6) is 0.712. The topological polar surface area (TPSA) is 12.4 Å². The Balaban J connectivity index is 2.68. The van der Waals surface area contributed by atoms with Crippen LogP contribution in [0, 0.1) is 5.92 Å². The van der Waals surface area contributed by atoms with E-state index in [0.717, 1.165) is 6.54 Å². The van der Waals surface area contributed by atoms with Crippen molar-refractivity contribution in [2.45, 2.75) is 27.2 Å². The summed E-state index contributed by atoms with van der Waals surface area (Å²) in [6.07, 6.45) is 3.41. The highest BCUT2D eigenvalue weighted by Gasteiger charge is 2.10. The van der Waals surface area contributed by atoms with Gasteiger partial charge in [-0.25, -0.2) is 0 Å². The highest BCUT2D eigenvalue weighted by atomic mass is 14.7. The van der Waals surface area contributed by atoms with E-state index in [-0.39, 0.29) is 0 Å². The zero-order valence-electron chi connectivity index (χ0n) is 7.02. The number of hydrogen-bond acceptors (Lipinski definition) is 1. The molecule has 0 aromatic heterocycles. The SMILES string of the molecule is CCC1CN=C(C)C=C1C. The standard InChI is InChI=1S/C9H15N/c1-4-9-6-10-8(3)5-7(9)2/h5,9H,4,6H2,1-3H3. The van der Waals surface area contributed by atoms with Gasteiger partial charge in [-0.1, -0.05) is 12.5 Å². The molecule has 56 valence electrons. The summed E-state index contributed by atoms with van der Waals surface area (Å²) >= 11 is 0.